The van der Waals surface area contributed by atoms with Crippen molar-refractivity contribution in [2.75, 3.05) is 0 Å². The van der Waals surface area contributed by atoms with Crippen LogP contribution in [-0.2, 0) is 4.79 Å². The molecular weight excluding hydrogens is 270 g/mol. The quantitative estimate of drug-likeness (QED) is 0.836. The van der Waals surface area contributed by atoms with Crippen LogP contribution in [0.15, 0.2) is 37.0 Å². The molecule has 0 radical (unpaired) electrons. The molecule has 0 bridgehead atoms. The van der Waals surface area contributed by atoms with Gasteiger partial charge in [0, 0.05) is 11.3 Å². The highest BCUT2D eigenvalue weighted by molar-refractivity contribution is 6.05. The van der Waals surface area contributed by atoms with Crippen molar-refractivity contribution in [3.8, 4) is 0 Å². The summed E-state index contributed by atoms with van der Waals surface area (Å²) in [6.07, 6.45) is 6.55. The third-order valence-electron chi connectivity index (χ3n) is 5.11. The number of nitrogens with zero attached hydrogens (tertiary/aromatic N) is 1. The van der Waals surface area contributed by atoms with Crippen molar-refractivity contribution in [1.29, 1.82) is 0 Å². The summed E-state index contributed by atoms with van der Waals surface area (Å²) < 4.78 is 9.47. The summed E-state index contributed by atoms with van der Waals surface area (Å²) in [6.45, 7) is 6.08. The Kier molecular flexibility index (Phi) is 3.23. The van der Waals surface area contributed by atoms with E-state index in [1.807, 2.05) is 19.9 Å². The third kappa shape index (κ3) is 2.30. The Morgan fingerprint density at radius 1 is 1.43 bits per heavy atom. The van der Waals surface area contributed by atoms with E-state index in [9.17, 15) is 9.59 Å². The summed E-state index contributed by atoms with van der Waals surface area (Å²) in [4.78, 5) is 22.9. The van der Waals surface area contributed by atoms with Gasteiger partial charge in [-0.1, -0.05) is 25.5 Å². The first-order chi connectivity index (χ1) is 9.90. The first-order valence-electron chi connectivity index (χ1n) is 7.31. The van der Waals surface area contributed by atoms with E-state index < -0.39 is 5.82 Å². The van der Waals surface area contributed by atoms with Crippen LogP contribution < -0.4 is 5.82 Å². The van der Waals surface area contributed by atoms with Crippen molar-refractivity contribution in [3.63, 3.8) is 0 Å². The second-order valence-corrected chi connectivity index (χ2v) is 6.38. The average Bonchev–Trinajstić information content (AvgIpc) is 2.89. The summed E-state index contributed by atoms with van der Waals surface area (Å²) in [5, 5.41) is 3.70. The Hall–Kier alpha value is -1.91. The summed E-state index contributed by atoms with van der Waals surface area (Å²) in [5.41, 5.74) is 2.06. The molecule has 0 N–H and O–H groups in total. The van der Waals surface area contributed by atoms with Crippen LogP contribution in [0.4, 0.5) is 0 Å². The molecule has 0 amide bonds. The number of hydrogen-bond acceptors (Lipinski definition) is 5. The largest absolute Gasteiger partial charge is 0.542 e. The molecule has 5 heteroatoms. The molecule has 1 unspecified atom stereocenters. The zero-order chi connectivity index (χ0) is 15.2. The molecule has 0 saturated heterocycles. The van der Waals surface area contributed by atoms with Crippen LogP contribution in [0.3, 0.4) is 0 Å². The fourth-order valence-electron chi connectivity index (χ4n) is 3.54. The molecule has 0 spiro atoms. The molecule has 3 rings (SSSR count). The maximum Gasteiger partial charge on any atom is 0.542 e. The predicted molar refractivity (Wildman–Crippen MR) is 75.7 cm³/mol. The smallest absolute Gasteiger partial charge is 0.375 e. The molecule has 5 nitrogen and oxygen atoms in total. The van der Waals surface area contributed by atoms with Crippen LogP contribution in [0.5, 0.6) is 0 Å². The fraction of sp³-hybridized carbons (Fsp3) is 0.562. The van der Waals surface area contributed by atoms with Gasteiger partial charge >= 0.3 is 5.82 Å². The molecule has 1 aromatic heterocycles. The molecule has 0 aliphatic heterocycles. The summed E-state index contributed by atoms with van der Waals surface area (Å²) >= 11 is 0. The van der Waals surface area contributed by atoms with Crippen molar-refractivity contribution in [2.45, 2.75) is 46.0 Å². The minimum Gasteiger partial charge on any atom is -0.375 e. The number of fused-ring (bicyclic) bond motifs is 1. The lowest BCUT2D eigenvalue weighted by atomic mass is 9.62. The van der Waals surface area contributed by atoms with Gasteiger partial charge < -0.3 is 4.42 Å². The zero-order valence-corrected chi connectivity index (χ0v) is 12.5. The Labute approximate surface area is 122 Å². The maximum absolute atomic E-state index is 11.9. The molecule has 2 aliphatic carbocycles. The van der Waals surface area contributed by atoms with Gasteiger partial charge in [0.15, 0.2) is 5.78 Å². The molecule has 1 saturated carbocycles. The van der Waals surface area contributed by atoms with Gasteiger partial charge in [-0.15, -0.1) is 0 Å². The summed E-state index contributed by atoms with van der Waals surface area (Å²) in [6, 6.07) is 0. The van der Waals surface area contributed by atoms with E-state index >= 15 is 0 Å². The predicted octanol–water partition coefficient (Wildman–Crippen LogP) is 2.99. The van der Waals surface area contributed by atoms with Gasteiger partial charge in [-0.25, -0.2) is 4.79 Å². The van der Waals surface area contributed by atoms with Crippen molar-refractivity contribution in [3.05, 3.63) is 39.8 Å². The first kappa shape index (κ1) is 14.0. The zero-order valence-electron chi connectivity index (χ0n) is 12.5. The number of carbonyl (C=O) groups excluding carboxylic acids is 1. The number of carbonyl (C=O) groups is 1. The summed E-state index contributed by atoms with van der Waals surface area (Å²) in [7, 11) is 0. The monoisotopic (exact) mass is 289 g/mol. The van der Waals surface area contributed by atoms with E-state index in [2.05, 4.69) is 16.6 Å². The van der Waals surface area contributed by atoms with Crippen LogP contribution in [0.25, 0.3) is 0 Å². The Balaban J connectivity index is 1.88. The highest BCUT2D eigenvalue weighted by Crippen LogP contribution is 2.50. The second kappa shape index (κ2) is 4.83. The maximum atomic E-state index is 11.9. The van der Waals surface area contributed by atoms with Gasteiger partial charge in [-0.3, -0.25) is 9.32 Å². The number of ketones is 1. The molecule has 21 heavy (non-hydrogen) atoms. The Morgan fingerprint density at radius 3 is 2.86 bits per heavy atom. The molecule has 2 aliphatic rings. The number of rotatable bonds is 2. The van der Waals surface area contributed by atoms with Crippen LogP contribution in [0, 0.1) is 11.3 Å². The van der Waals surface area contributed by atoms with Crippen LogP contribution in [0.1, 0.15) is 51.8 Å². The van der Waals surface area contributed by atoms with E-state index in [1.165, 1.54) is 5.57 Å². The Bertz CT molecular complexity index is 693. The molecule has 1 fully saturated rings. The van der Waals surface area contributed by atoms with E-state index in [0.29, 0.717) is 11.8 Å². The molecule has 112 valence electrons. The second-order valence-electron chi connectivity index (χ2n) is 6.38. The van der Waals surface area contributed by atoms with Crippen LogP contribution in [0.2, 0.25) is 0 Å². The molecule has 1 aromatic rings. The summed E-state index contributed by atoms with van der Waals surface area (Å²) in [5.74, 6) is -0.00478. The van der Waals surface area contributed by atoms with Gasteiger partial charge in [-0.05, 0) is 48.9 Å². The minimum atomic E-state index is -0.760. The van der Waals surface area contributed by atoms with Crippen molar-refractivity contribution in [2.24, 2.45) is 11.3 Å². The first-order valence-corrected chi connectivity index (χ1v) is 7.31. The lowest BCUT2D eigenvalue weighted by Gasteiger charge is -2.41. The van der Waals surface area contributed by atoms with Gasteiger partial charge in [0.2, 0.25) is 5.89 Å². The lowest BCUT2D eigenvalue weighted by molar-refractivity contribution is -0.111. The van der Waals surface area contributed by atoms with E-state index in [-0.39, 0.29) is 17.1 Å². The van der Waals surface area contributed by atoms with E-state index in [0.717, 1.165) is 24.8 Å². The molecule has 1 heterocycles. The van der Waals surface area contributed by atoms with E-state index in [4.69, 9.17) is 4.42 Å². The highest BCUT2D eigenvalue weighted by atomic mass is 16.6. The van der Waals surface area contributed by atoms with E-state index in [1.54, 1.807) is 6.08 Å². The van der Waals surface area contributed by atoms with Crippen LogP contribution in [-0.4, -0.2) is 10.9 Å². The van der Waals surface area contributed by atoms with Crippen molar-refractivity contribution < 1.29 is 13.7 Å². The van der Waals surface area contributed by atoms with Crippen molar-refractivity contribution >= 4 is 5.78 Å². The molecule has 0 aromatic carbocycles. The molecule has 3 atom stereocenters. The Morgan fingerprint density at radius 2 is 2.19 bits per heavy atom. The normalized spacial score (nSPS) is 30.4. The van der Waals surface area contributed by atoms with Crippen molar-refractivity contribution in [1.82, 2.24) is 5.16 Å². The van der Waals surface area contributed by atoms with Gasteiger partial charge in [0.25, 0.3) is 0 Å². The SMILES string of the molecule is CC1=C2C[C@H](C(C)c3noc(=O)o3)CC[C@@]2(C)C=CC1=O. The standard InChI is InChI=1S/C16H19NO4/c1-9(14-17-21-15(19)20-14)11-4-6-16(3)7-5-13(18)10(2)12(16)8-11/h5,7,9,11H,4,6,8H2,1-3H3/t9?,11-,16+/m1/s1. The minimum absolute atomic E-state index is 0.00214. The topological polar surface area (TPSA) is 73.3 Å². The number of hydrogen-bond donors (Lipinski definition) is 0. The third-order valence-corrected chi connectivity index (χ3v) is 5.11. The van der Waals surface area contributed by atoms with Gasteiger partial charge in [0.05, 0.1) is 0 Å². The molecular formula is C16H19NO4. The van der Waals surface area contributed by atoms with Gasteiger partial charge in [0.1, 0.15) is 0 Å². The average molecular weight is 289 g/mol. The van der Waals surface area contributed by atoms with Crippen LogP contribution >= 0.6 is 0 Å². The number of aromatic nitrogens is 1. The number of allylic oxidation sites excluding steroid dienone is 4. The fourth-order valence-corrected chi connectivity index (χ4v) is 3.54. The van der Waals surface area contributed by atoms with Gasteiger partial charge in [-0.2, -0.15) is 0 Å². The lowest BCUT2D eigenvalue weighted by Crippen LogP contribution is -2.32. The highest BCUT2D eigenvalue weighted by Gasteiger charge is 2.40.